The number of nitrogens with zero attached hydrogens (tertiary/aromatic N) is 3. The molecule has 0 atom stereocenters. The van der Waals surface area contributed by atoms with Crippen LogP contribution in [-0.4, -0.2) is 9.97 Å². The molecule has 0 N–H and O–H groups in total. The molecule has 0 radical (unpaired) electrons. The van der Waals surface area contributed by atoms with E-state index in [-0.39, 0.29) is 0 Å². The molecule has 60 heavy (non-hydrogen) atoms. The summed E-state index contributed by atoms with van der Waals surface area (Å²) in [5.74, 6) is 0.789. The van der Waals surface area contributed by atoms with E-state index in [4.69, 9.17) is 9.97 Å². The van der Waals surface area contributed by atoms with Gasteiger partial charge in [0.2, 0.25) is 0 Å². The number of fused-ring (bicyclic) bond motifs is 7. The molecule has 3 nitrogen and oxygen atoms in total. The number of aromatic nitrogens is 2. The molecule has 0 saturated carbocycles. The van der Waals surface area contributed by atoms with Crippen LogP contribution >= 0.6 is 0 Å². The Kier molecular flexibility index (Phi) is 8.68. The summed E-state index contributed by atoms with van der Waals surface area (Å²) >= 11 is 0. The molecule has 9 aromatic carbocycles. The summed E-state index contributed by atoms with van der Waals surface area (Å²) in [5, 5.41) is 20.0. The molecule has 3 heteroatoms. The first-order chi connectivity index (χ1) is 29.6. The summed E-state index contributed by atoms with van der Waals surface area (Å²) in [5.41, 5.74) is 12.2. The van der Waals surface area contributed by atoms with E-state index >= 15 is 0 Å². The average molecular weight is 764 g/mol. The van der Waals surface area contributed by atoms with Gasteiger partial charge in [-0.3, -0.25) is 0 Å². The van der Waals surface area contributed by atoms with Gasteiger partial charge >= 0.3 is 0 Å². The van der Waals surface area contributed by atoms with Crippen LogP contribution in [0.25, 0.3) is 105 Å². The lowest BCUT2D eigenvalue weighted by molar-refractivity contribution is 1.01. The zero-order valence-electron chi connectivity index (χ0n) is 32.8. The summed E-state index contributed by atoms with van der Waals surface area (Å²) in [7, 11) is 0. The van der Waals surface area contributed by atoms with E-state index in [1.54, 1.807) is 0 Å². The van der Waals surface area contributed by atoms with Gasteiger partial charge < -0.3 is 0 Å². The molecule has 1 aliphatic rings. The van der Waals surface area contributed by atoms with Gasteiger partial charge in [0.05, 0.1) is 23.0 Å². The van der Waals surface area contributed by atoms with Crippen molar-refractivity contribution >= 4 is 48.7 Å². The standard InChI is InChI=1S/C57H37N3/c58-36-37-29-46(33-47(30-37)45-27-28-53-51-17-8-7-15-49(51)50-16-9-10-18-52(50)54(53)34-45)44-26-22-39-21-25-43(31-48(39)32-44)38-19-23-41(24-20-38)56-35-55(40-11-3-1-4-12-40)59-57(60-56)42-13-5-2-6-14-42/h1-5,7-13,15-35H,6,14H2. The normalized spacial score (nSPS) is 12.6. The SMILES string of the molecule is N#Cc1cc(-c2ccc3ccc(-c4ccc(-c5cc(-c6ccccc6)nc(C6=CC=CCC6)n5)cc4)cc3c2)cc(-c2ccc3c4ccccc4c4ccccc4c3c2)c1. The Morgan fingerprint density at radius 1 is 0.400 bits per heavy atom. The van der Waals surface area contributed by atoms with Crippen LogP contribution < -0.4 is 0 Å². The van der Waals surface area contributed by atoms with E-state index in [0.29, 0.717) is 5.56 Å². The van der Waals surface area contributed by atoms with Crippen molar-refractivity contribution in [3.63, 3.8) is 0 Å². The maximum Gasteiger partial charge on any atom is 0.156 e. The zero-order chi connectivity index (χ0) is 40.0. The van der Waals surface area contributed by atoms with Crippen molar-refractivity contribution in [3.05, 3.63) is 212 Å². The zero-order valence-corrected chi connectivity index (χ0v) is 32.8. The van der Waals surface area contributed by atoms with Crippen LogP contribution in [0.2, 0.25) is 0 Å². The molecule has 0 saturated heterocycles. The van der Waals surface area contributed by atoms with E-state index in [1.165, 1.54) is 37.7 Å². The quantitative estimate of drug-likeness (QED) is 0.159. The highest BCUT2D eigenvalue weighted by Gasteiger charge is 2.15. The number of rotatable bonds is 6. The third-order valence-corrected chi connectivity index (χ3v) is 11.9. The molecule has 1 heterocycles. The maximum absolute atomic E-state index is 10.2. The van der Waals surface area contributed by atoms with Crippen LogP contribution in [0.4, 0.5) is 0 Å². The lowest BCUT2D eigenvalue weighted by Gasteiger charge is -2.13. The minimum absolute atomic E-state index is 0.638. The molecular weight excluding hydrogens is 727 g/mol. The fourth-order valence-electron chi connectivity index (χ4n) is 8.84. The predicted molar refractivity (Wildman–Crippen MR) is 250 cm³/mol. The summed E-state index contributed by atoms with van der Waals surface area (Å²) in [4.78, 5) is 10.1. The Morgan fingerprint density at radius 3 is 1.53 bits per heavy atom. The summed E-state index contributed by atoms with van der Waals surface area (Å²) in [6.45, 7) is 0. The molecule has 0 amide bonds. The van der Waals surface area contributed by atoms with Gasteiger partial charge in [-0.2, -0.15) is 5.26 Å². The monoisotopic (exact) mass is 763 g/mol. The van der Waals surface area contributed by atoms with Gasteiger partial charge in [0.1, 0.15) is 0 Å². The molecule has 0 spiro atoms. The van der Waals surface area contributed by atoms with E-state index in [0.717, 1.165) is 85.5 Å². The highest BCUT2D eigenvalue weighted by atomic mass is 14.9. The van der Waals surface area contributed by atoms with E-state index in [1.807, 2.05) is 18.2 Å². The summed E-state index contributed by atoms with van der Waals surface area (Å²) < 4.78 is 0. The fraction of sp³-hybridized carbons (Fsp3) is 0.0351. The highest BCUT2D eigenvalue weighted by Crippen LogP contribution is 2.39. The largest absolute Gasteiger partial charge is 0.228 e. The second-order valence-corrected chi connectivity index (χ2v) is 15.6. The smallest absolute Gasteiger partial charge is 0.156 e. The van der Waals surface area contributed by atoms with Gasteiger partial charge in [0, 0.05) is 11.1 Å². The lowest BCUT2D eigenvalue weighted by atomic mass is 9.90. The molecule has 280 valence electrons. The van der Waals surface area contributed by atoms with Crippen LogP contribution in [0.3, 0.4) is 0 Å². The number of allylic oxidation sites excluding steroid dienone is 4. The summed E-state index contributed by atoms with van der Waals surface area (Å²) in [6.07, 6.45) is 8.36. The van der Waals surface area contributed by atoms with Gasteiger partial charge in [-0.15, -0.1) is 0 Å². The number of nitriles is 1. The highest BCUT2D eigenvalue weighted by molar-refractivity contribution is 6.25. The maximum atomic E-state index is 10.2. The minimum Gasteiger partial charge on any atom is -0.228 e. The predicted octanol–water partition coefficient (Wildman–Crippen LogP) is 15.0. The molecular formula is C57H37N3. The van der Waals surface area contributed by atoms with Crippen LogP contribution in [-0.2, 0) is 0 Å². The van der Waals surface area contributed by atoms with Gasteiger partial charge in [-0.25, -0.2) is 9.97 Å². The first-order valence-corrected chi connectivity index (χ1v) is 20.5. The molecule has 10 aromatic rings. The molecule has 0 aliphatic heterocycles. The third-order valence-electron chi connectivity index (χ3n) is 11.9. The van der Waals surface area contributed by atoms with Crippen molar-refractivity contribution in [1.82, 2.24) is 9.97 Å². The first kappa shape index (κ1) is 35.2. The Bertz CT molecular complexity index is 3390. The fourth-order valence-corrected chi connectivity index (χ4v) is 8.84. The molecule has 0 fully saturated rings. The van der Waals surface area contributed by atoms with Crippen LogP contribution in [0.15, 0.2) is 200 Å². The van der Waals surface area contributed by atoms with Gasteiger partial charge in [0.15, 0.2) is 5.82 Å². The van der Waals surface area contributed by atoms with Crippen molar-refractivity contribution < 1.29 is 0 Å². The number of hydrogen-bond donors (Lipinski definition) is 0. The third kappa shape index (κ3) is 6.42. The molecule has 0 unspecified atom stereocenters. The second kappa shape index (κ2) is 14.8. The van der Waals surface area contributed by atoms with Crippen molar-refractivity contribution in [2.24, 2.45) is 0 Å². The number of hydrogen-bond acceptors (Lipinski definition) is 3. The van der Waals surface area contributed by atoms with Crippen molar-refractivity contribution in [1.29, 1.82) is 5.26 Å². The van der Waals surface area contributed by atoms with E-state index < -0.39 is 0 Å². The topological polar surface area (TPSA) is 49.6 Å². The van der Waals surface area contributed by atoms with Crippen LogP contribution in [0, 0.1) is 11.3 Å². The second-order valence-electron chi connectivity index (χ2n) is 15.6. The first-order valence-electron chi connectivity index (χ1n) is 20.5. The van der Waals surface area contributed by atoms with Crippen LogP contribution in [0.5, 0.6) is 0 Å². The van der Waals surface area contributed by atoms with Crippen molar-refractivity contribution in [2.45, 2.75) is 12.8 Å². The van der Waals surface area contributed by atoms with E-state index in [9.17, 15) is 5.26 Å². The Labute approximate surface area is 348 Å². The Balaban J connectivity index is 0.941. The minimum atomic E-state index is 0.638. The van der Waals surface area contributed by atoms with Gasteiger partial charge in [-0.1, -0.05) is 158 Å². The van der Waals surface area contributed by atoms with Crippen molar-refractivity contribution in [3.8, 4) is 62.0 Å². The Hall–Kier alpha value is -7.93. The molecule has 1 aromatic heterocycles. The molecule has 11 rings (SSSR count). The van der Waals surface area contributed by atoms with E-state index in [2.05, 4.69) is 188 Å². The number of benzene rings is 9. The lowest BCUT2D eigenvalue weighted by Crippen LogP contribution is -2.00. The summed E-state index contributed by atoms with van der Waals surface area (Å²) in [6, 6.07) is 67.1. The average Bonchev–Trinajstić information content (AvgIpc) is 3.34. The Morgan fingerprint density at radius 2 is 0.917 bits per heavy atom. The molecule has 1 aliphatic carbocycles. The van der Waals surface area contributed by atoms with Gasteiger partial charge in [-0.05, 0) is 137 Å². The van der Waals surface area contributed by atoms with Crippen LogP contribution in [0.1, 0.15) is 24.2 Å². The van der Waals surface area contributed by atoms with Gasteiger partial charge in [0.25, 0.3) is 0 Å². The van der Waals surface area contributed by atoms with Crippen molar-refractivity contribution in [2.75, 3.05) is 0 Å². The molecule has 0 bridgehead atoms.